The van der Waals surface area contributed by atoms with Crippen molar-refractivity contribution in [2.45, 2.75) is 52.5 Å². The molecular weight excluding hydrogens is 393 g/mol. The Hall–Kier alpha value is -2.40. The molecule has 3 rings (SSSR count). The number of carboxylic acids is 1. The van der Waals surface area contributed by atoms with Gasteiger partial charge in [-0.1, -0.05) is 5.16 Å². The zero-order chi connectivity index (χ0) is 21.8. The minimum absolute atomic E-state index is 0.358. The summed E-state index contributed by atoms with van der Waals surface area (Å²) in [6.45, 7) is 9.17. The molecule has 0 saturated carbocycles. The molecule has 0 saturated heterocycles. The molecule has 11 heteroatoms. The molecule has 0 bridgehead atoms. The van der Waals surface area contributed by atoms with E-state index in [0.29, 0.717) is 6.04 Å². The SMILES string of the molecule is CCOCC1Cc2c(ncn2C)CN1Cc1c(C)noc1C.O=C(O)C(F)(F)F. The fourth-order valence-corrected chi connectivity index (χ4v) is 3.11. The van der Waals surface area contributed by atoms with Gasteiger partial charge in [-0.25, -0.2) is 9.78 Å². The molecule has 1 atom stereocenters. The van der Waals surface area contributed by atoms with E-state index in [4.69, 9.17) is 19.2 Å². The summed E-state index contributed by atoms with van der Waals surface area (Å²) < 4.78 is 44.9. The molecule has 0 aliphatic carbocycles. The van der Waals surface area contributed by atoms with Crippen molar-refractivity contribution in [1.29, 1.82) is 0 Å². The maximum absolute atomic E-state index is 10.6. The summed E-state index contributed by atoms with van der Waals surface area (Å²) in [6, 6.07) is 0.358. The number of aromatic nitrogens is 3. The first-order valence-electron chi connectivity index (χ1n) is 9.07. The minimum atomic E-state index is -5.08. The summed E-state index contributed by atoms with van der Waals surface area (Å²) in [5.74, 6) is -1.85. The number of imidazole rings is 1. The zero-order valence-electron chi connectivity index (χ0n) is 16.8. The Balaban J connectivity index is 0.000000370. The maximum Gasteiger partial charge on any atom is 0.490 e. The number of fused-ring (bicyclic) bond motifs is 1. The molecule has 3 heterocycles. The van der Waals surface area contributed by atoms with Gasteiger partial charge in [-0.05, 0) is 20.8 Å². The Morgan fingerprint density at radius 3 is 2.59 bits per heavy atom. The van der Waals surface area contributed by atoms with Crippen molar-refractivity contribution in [3.05, 3.63) is 34.7 Å². The number of aliphatic carboxylic acids is 1. The van der Waals surface area contributed by atoms with Crippen LogP contribution < -0.4 is 0 Å². The van der Waals surface area contributed by atoms with E-state index in [-0.39, 0.29) is 0 Å². The van der Waals surface area contributed by atoms with Crippen molar-refractivity contribution in [1.82, 2.24) is 19.6 Å². The van der Waals surface area contributed by atoms with Crippen LogP contribution in [0.3, 0.4) is 0 Å². The quantitative estimate of drug-likeness (QED) is 0.798. The van der Waals surface area contributed by atoms with E-state index in [9.17, 15) is 13.2 Å². The number of aryl methyl sites for hydroxylation is 3. The second-order valence-electron chi connectivity index (χ2n) is 6.78. The molecule has 0 spiro atoms. The lowest BCUT2D eigenvalue weighted by Gasteiger charge is -2.35. The monoisotopic (exact) mass is 418 g/mol. The van der Waals surface area contributed by atoms with Crippen molar-refractivity contribution >= 4 is 5.97 Å². The minimum Gasteiger partial charge on any atom is -0.475 e. The van der Waals surface area contributed by atoms with Crippen LogP contribution in [-0.4, -0.2) is 56.1 Å². The number of carboxylic acid groups (broad SMARTS) is 1. The molecule has 29 heavy (non-hydrogen) atoms. The molecule has 0 aromatic carbocycles. The lowest BCUT2D eigenvalue weighted by Crippen LogP contribution is -2.43. The lowest BCUT2D eigenvalue weighted by atomic mass is 10.0. The summed E-state index contributed by atoms with van der Waals surface area (Å²) in [4.78, 5) is 15.9. The highest BCUT2D eigenvalue weighted by molar-refractivity contribution is 5.73. The third-order valence-electron chi connectivity index (χ3n) is 4.74. The van der Waals surface area contributed by atoms with Crippen molar-refractivity contribution in [3.63, 3.8) is 0 Å². The van der Waals surface area contributed by atoms with Gasteiger partial charge < -0.3 is 18.9 Å². The van der Waals surface area contributed by atoms with E-state index in [1.807, 2.05) is 27.1 Å². The second-order valence-corrected chi connectivity index (χ2v) is 6.78. The van der Waals surface area contributed by atoms with Gasteiger partial charge >= 0.3 is 12.1 Å². The summed E-state index contributed by atoms with van der Waals surface area (Å²) in [5, 5.41) is 11.2. The molecule has 0 amide bonds. The standard InChI is InChI=1S/C16H24N4O2.C2HF3O2/c1-5-21-9-13-6-16-15(17-10-19(16)4)8-20(13)7-14-11(2)18-22-12(14)3;3-2(4,5)1(6)7/h10,13H,5-9H2,1-4H3;(H,6,7). The van der Waals surface area contributed by atoms with Crippen LogP contribution in [0.15, 0.2) is 10.9 Å². The topological polar surface area (TPSA) is 93.6 Å². The highest BCUT2D eigenvalue weighted by Crippen LogP contribution is 2.26. The Bertz CT molecular complexity index is 812. The Kier molecular flexibility index (Phi) is 7.42. The van der Waals surface area contributed by atoms with Gasteiger partial charge in [-0.15, -0.1) is 0 Å². The number of hydrogen-bond acceptors (Lipinski definition) is 6. The van der Waals surface area contributed by atoms with Crippen molar-refractivity contribution in [2.75, 3.05) is 13.2 Å². The highest BCUT2D eigenvalue weighted by Gasteiger charge is 2.38. The Morgan fingerprint density at radius 2 is 2.07 bits per heavy atom. The van der Waals surface area contributed by atoms with Gasteiger partial charge in [0.25, 0.3) is 0 Å². The molecule has 1 unspecified atom stereocenters. The van der Waals surface area contributed by atoms with Crippen LogP contribution >= 0.6 is 0 Å². The van der Waals surface area contributed by atoms with Crippen LogP contribution in [0.4, 0.5) is 13.2 Å². The van der Waals surface area contributed by atoms with Crippen LogP contribution in [0.5, 0.6) is 0 Å². The molecule has 1 N–H and O–H groups in total. The first-order valence-corrected chi connectivity index (χ1v) is 9.07. The average molecular weight is 418 g/mol. The van der Waals surface area contributed by atoms with Crippen LogP contribution in [0.1, 0.15) is 35.3 Å². The molecule has 1 aliphatic rings. The Labute approximate surface area is 166 Å². The third-order valence-corrected chi connectivity index (χ3v) is 4.74. The molecule has 8 nitrogen and oxygen atoms in total. The molecule has 162 valence electrons. The number of alkyl halides is 3. The van der Waals surface area contributed by atoms with Gasteiger partial charge in [0.1, 0.15) is 5.76 Å². The van der Waals surface area contributed by atoms with Gasteiger partial charge in [0.05, 0.1) is 24.3 Å². The molecular formula is C18H25F3N4O4. The third kappa shape index (κ3) is 5.80. The van der Waals surface area contributed by atoms with E-state index in [1.54, 1.807) is 0 Å². The molecule has 0 fully saturated rings. The first kappa shape index (κ1) is 22.9. The predicted octanol–water partition coefficient (Wildman–Crippen LogP) is 2.62. The molecule has 0 radical (unpaired) electrons. The lowest BCUT2D eigenvalue weighted by molar-refractivity contribution is -0.192. The summed E-state index contributed by atoms with van der Waals surface area (Å²) in [6.07, 6.45) is -2.21. The first-order chi connectivity index (χ1) is 13.5. The number of halogens is 3. The van der Waals surface area contributed by atoms with Crippen LogP contribution in [-0.2, 0) is 36.1 Å². The second kappa shape index (κ2) is 9.40. The number of nitrogens with zero attached hydrogens (tertiary/aromatic N) is 4. The smallest absolute Gasteiger partial charge is 0.475 e. The average Bonchev–Trinajstić information content (AvgIpc) is 3.16. The van der Waals surface area contributed by atoms with E-state index < -0.39 is 12.1 Å². The number of hydrogen-bond donors (Lipinski definition) is 1. The Morgan fingerprint density at radius 1 is 1.41 bits per heavy atom. The summed E-state index contributed by atoms with van der Waals surface area (Å²) >= 11 is 0. The highest BCUT2D eigenvalue weighted by atomic mass is 19.4. The van der Waals surface area contributed by atoms with Crippen molar-refractivity contribution in [2.24, 2.45) is 7.05 Å². The molecule has 2 aromatic rings. The van der Waals surface area contributed by atoms with Crippen LogP contribution in [0, 0.1) is 13.8 Å². The van der Waals surface area contributed by atoms with E-state index >= 15 is 0 Å². The van der Waals surface area contributed by atoms with Crippen molar-refractivity contribution < 1.29 is 32.3 Å². The van der Waals surface area contributed by atoms with Gasteiger partial charge in [-0.3, -0.25) is 4.90 Å². The predicted molar refractivity (Wildman–Crippen MR) is 96.1 cm³/mol. The summed E-state index contributed by atoms with van der Waals surface area (Å²) in [5.41, 5.74) is 4.64. The van der Waals surface area contributed by atoms with Gasteiger partial charge in [-0.2, -0.15) is 13.2 Å². The number of carbonyl (C=O) groups is 1. The van der Waals surface area contributed by atoms with E-state index in [2.05, 4.69) is 26.7 Å². The largest absolute Gasteiger partial charge is 0.490 e. The van der Waals surface area contributed by atoms with Crippen molar-refractivity contribution in [3.8, 4) is 0 Å². The van der Waals surface area contributed by atoms with E-state index in [1.165, 1.54) is 17.0 Å². The normalized spacial score (nSPS) is 16.9. The number of rotatable bonds is 5. The van der Waals surface area contributed by atoms with Crippen LogP contribution in [0.25, 0.3) is 0 Å². The van der Waals surface area contributed by atoms with Gasteiger partial charge in [0, 0.05) is 50.5 Å². The summed E-state index contributed by atoms with van der Waals surface area (Å²) in [7, 11) is 2.06. The van der Waals surface area contributed by atoms with Crippen LogP contribution in [0.2, 0.25) is 0 Å². The zero-order valence-corrected chi connectivity index (χ0v) is 16.8. The van der Waals surface area contributed by atoms with E-state index in [0.717, 1.165) is 44.2 Å². The fourth-order valence-electron chi connectivity index (χ4n) is 3.11. The van der Waals surface area contributed by atoms with Gasteiger partial charge in [0.2, 0.25) is 0 Å². The molecule has 2 aromatic heterocycles. The molecule has 1 aliphatic heterocycles. The fraction of sp³-hybridized carbons (Fsp3) is 0.611. The van der Waals surface area contributed by atoms with Gasteiger partial charge in [0.15, 0.2) is 0 Å². The number of ether oxygens (including phenoxy) is 1. The maximum atomic E-state index is 10.6.